The highest BCUT2D eigenvalue weighted by atomic mass is 16.5. The van der Waals surface area contributed by atoms with Crippen LogP contribution in [0.5, 0.6) is 5.75 Å². The van der Waals surface area contributed by atoms with E-state index < -0.39 is 0 Å². The van der Waals surface area contributed by atoms with Gasteiger partial charge in [0, 0.05) is 26.2 Å². The molecule has 0 N–H and O–H groups in total. The van der Waals surface area contributed by atoms with E-state index in [2.05, 4.69) is 4.90 Å². The van der Waals surface area contributed by atoms with Crippen LogP contribution >= 0.6 is 0 Å². The molecule has 3 saturated heterocycles. The number of ether oxygens (including phenoxy) is 4. The molecule has 26 heavy (non-hydrogen) atoms. The molecular formula is C20H27NO5. The molecule has 3 heterocycles. The minimum absolute atomic E-state index is 0.121. The zero-order valence-corrected chi connectivity index (χ0v) is 15.1. The lowest BCUT2D eigenvalue weighted by Gasteiger charge is -2.31. The fourth-order valence-corrected chi connectivity index (χ4v) is 3.95. The maximum absolute atomic E-state index is 12.5. The van der Waals surface area contributed by atoms with Crippen LogP contribution in [0.3, 0.4) is 0 Å². The van der Waals surface area contributed by atoms with Crippen LogP contribution in [0.15, 0.2) is 24.3 Å². The number of fused-ring (bicyclic) bond motifs is 2. The van der Waals surface area contributed by atoms with E-state index >= 15 is 0 Å². The number of likely N-dealkylation sites (tertiary alicyclic amines) is 1. The van der Waals surface area contributed by atoms with Crippen LogP contribution in [0, 0.1) is 0 Å². The summed E-state index contributed by atoms with van der Waals surface area (Å²) in [5.41, 5.74) is 0.479. The first-order chi connectivity index (χ1) is 12.8. The Labute approximate surface area is 154 Å². The number of rotatable bonds is 7. The van der Waals surface area contributed by atoms with Gasteiger partial charge >= 0.3 is 5.97 Å². The summed E-state index contributed by atoms with van der Waals surface area (Å²) in [4.78, 5) is 14.8. The Hall–Kier alpha value is -1.63. The van der Waals surface area contributed by atoms with E-state index in [-0.39, 0.29) is 12.1 Å². The van der Waals surface area contributed by atoms with Crippen LogP contribution in [-0.4, -0.2) is 68.6 Å². The van der Waals surface area contributed by atoms with Crippen molar-refractivity contribution in [1.82, 2.24) is 4.90 Å². The second-order valence-corrected chi connectivity index (χ2v) is 7.30. The van der Waals surface area contributed by atoms with E-state index in [9.17, 15) is 4.79 Å². The van der Waals surface area contributed by atoms with Crippen LogP contribution in [0.1, 0.15) is 36.0 Å². The van der Waals surface area contributed by atoms with Crippen molar-refractivity contribution in [3.8, 4) is 5.75 Å². The molecule has 0 saturated carbocycles. The molecule has 6 nitrogen and oxygen atoms in total. The van der Waals surface area contributed by atoms with Crippen molar-refractivity contribution in [2.45, 2.75) is 44.0 Å². The van der Waals surface area contributed by atoms with Crippen LogP contribution in [0.2, 0.25) is 0 Å². The quantitative estimate of drug-likeness (QED) is 0.695. The van der Waals surface area contributed by atoms with E-state index in [1.54, 1.807) is 6.07 Å². The third-order valence-corrected chi connectivity index (χ3v) is 5.32. The van der Waals surface area contributed by atoms with E-state index in [4.69, 9.17) is 18.9 Å². The van der Waals surface area contributed by atoms with E-state index in [0.717, 1.165) is 51.9 Å². The lowest BCUT2D eigenvalue weighted by atomic mass is 10.2. The summed E-state index contributed by atoms with van der Waals surface area (Å²) in [6, 6.07) is 7.26. The molecule has 0 aliphatic carbocycles. The molecule has 1 aromatic carbocycles. The van der Waals surface area contributed by atoms with Gasteiger partial charge in [0.2, 0.25) is 0 Å². The van der Waals surface area contributed by atoms with Gasteiger partial charge in [-0.15, -0.1) is 0 Å². The maximum atomic E-state index is 12.5. The number of hydrogen-bond acceptors (Lipinski definition) is 6. The van der Waals surface area contributed by atoms with Crippen molar-refractivity contribution in [3.63, 3.8) is 0 Å². The summed E-state index contributed by atoms with van der Waals surface area (Å²) in [6.07, 6.45) is 5.21. The Balaban J connectivity index is 1.26. The van der Waals surface area contributed by atoms with E-state index in [0.29, 0.717) is 36.7 Å². The molecule has 3 aliphatic heterocycles. The van der Waals surface area contributed by atoms with Gasteiger partial charge in [-0.05, 0) is 37.8 Å². The van der Waals surface area contributed by atoms with E-state index in [1.165, 1.54) is 0 Å². The van der Waals surface area contributed by atoms with Crippen molar-refractivity contribution >= 4 is 5.97 Å². The topological polar surface area (TPSA) is 57.2 Å². The number of nitrogens with zero attached hydrogens (tertiary/aromatic N) is 1. The SMILES string of the molecule is O=C(OCCN1C[C@H]2CC[C@@H](C1)O2)c1ccccc1OC[C@H]1CCCO1. The molecule has 1 aromatic rings. The number of carbonyl (C=O) groups is 1. The Morgan fingerprint density at radius 1 is 1.15 bits per heavy atom. The van der Waals surface area contributed by atoms with Gasteiger partial charge in [0.1, 0.15) is 24.5 Å². The monoisotopic (exact) mass is 361 g/mol. The molecule has 3 atom stereocenters. The lowest BCUT2D eigenvalue weighted by molar-refractivity contribution is -0.0431. The fraction of sp³-hybridized carbons (Fsp3) is 0.650. The van der Waals surface area contributed by atoms with Crippen LogP contribution in [-0.2, 0) is 14.2 Å². The molecule has 3 fully saturated rings. The summed E-state index contributed by atoms with van der Waals surface area (Å²) in [6.45, 7) is 4.28. The number of carbonyl (C=O) groups excluding carboxylic acids is 1. The maximum Gasteiger partial charge on any atom is 0.341 e. The van der Waals surface area contributed by atoms with Crippen molar-refractivity contribution in [2.75, 3.05) is 39.5 Å². The molecule has 0 aromatic heterocycles. The van der Waals surface area contributed by atoms with Gasteiger partial charge in [-0.25, -0.2) is 4.79 Å². The molecule has 0 radical (unpaired) electrons. The van der Waals surface area contributed by atoms with Crippen LogP contribution in [0.25, 0.3) is 0 Å². The first-order valence-corrected chi connectivity index (χ1v) is 9.66. The Morgan fingerprint density at radius 2 is 1.96 bits per heavy atom. The third-order valence-electron chi connectivity index (χ3n) is 5.32. The first-order valence-electron chi connectivity index (χ1n) is 9.66. The number of para-hydroxylation sites is 1. The molecule has 0 spiro atoms. The van der Waals surface area contributed by atoms with E-state index in [1.807, 2.05) is 18.2 Å². The van der Waals surface area contributed by atoms with Gasteiger partial charge in [-0.1, -0.05) is 12.1 Å². The highest BCUT2D eigenvalue weighted by Gasteiger charge is 2.33. The van der Waals surface area contributed by atoms with Crippen LogP contribution in [0.4, 0.5) is 0 Å². The number of morpholine rings is 1. The molecule has 0 amide bonds. The highest BCUT2D eigenvalue weighted by Crippen LogP contribution is 2.26. The average Bonchev–Trinajstić information content (AvgIpc) is 3.29. The molecule has 6 heteroatoms. The molecule has 4 rings (SSSR count). The molecule has 3 aliphatic rings. The normalized spacial score (nSPS) is 28.2. The summed E-state index contributed by atoms with van der Waals surface area (Å²) >= 11 is 0. The summed E-state index contributed by atoms with van der Waals surface area (Å²) in [5.74, 6) is 0.238. The summed E-state index contributed by atoms with van der Waals surface area (Å²) in [7, 11) is 0. The lowest BCUT2D eigenvalue weighted by Crippen LogP contribution is -2.44. The van der Waals surface area contributed by atoms with Gasteiger partial charge in [-0.2, -0.15) is 0 Å². The van der Waals surface area contributed by atoms with Gasteiger partial charge in [0.25, 0.3) is 0 Å². The largest absolute Gasteiger partial charge is 0.490 e. The minimum Gasteiger partial charge on any atom is -0.490 e. The average molecular weight is 361 g/mol. The van der Waals surface area contributed by atoms with Gasteiger partial charge in [-0.3, -0.25) is 4.90 Å². The smallest absolute Gasteiger partial charge is 0.341 e. The van der Waals surface area contributed by atoms with Gasteiger partial charge in [0.05, 0.1) is 18.3 Å². The fourth-order valence-electron chi connectivity index (χ4n) is 3.95. The Bertz CT molecular complexity index is 604. The first kappa shape index (κ1) is 17.8. The number of esters is 1. The van der Waals surface area contributed by atoms with Crippen molar-refractivity contribution in [2.24, 2.45) is 0 Å². The van der Waals surface area contributed by atoms with Gasteiger partial charge < -0.3 is 18.9 Å². The number of benzene rings is 1. The molecule has 2 bridgehead atoms. The standard InChI is InChI=1S/C20H27NO5/c22-20(24-11-9-21-12-15-7-8-16(13-21)26-15)18-5-1-2-6-19(18)25-14-17-4-3-10-23-17/h1-2,5-6,15-17H,3-4,7-14H2/t15-,16+,17-/m1/s1. The second-order valence-electron chi connectivity index (χ2n) is 7.30. The predicted octanol–water partition coefficient (Wildman–Crippen LogP) is 2.26. The van der Waals surface area contributed by atoms with Crippen molar-refractivity contribution < 1.29 is 23.7 Å². The van der Waals surface area contributed by atoms with Crippen molar-refractivity contribution in [1.29, 1.82) is 0 Å². The Morgan fingerprint density at radius 3 is 2.73 bits per heavy atom. The zero-order chi connectivity index (χ0) is 17.8. The third kappa shape index (κ3) is 4.37. The minimum atomic E-state index is -0.329. The predicted molar refractivity (Wildman–Crippen MR) is 95.5 cm³/mol. The van der Waals surface area contributed by atoms with Gasteiger partial charge in [0.15, 0.2) is 0 Å². The second kappa shape index (κ2) is 8.37. The molecular weight excluding hydrogens is 334 g/mol. The Kier molecular flexibility index (Phi) is 5.72. The summed E-state index contributed by atoms with van der Waals surface area (Å²) < 4.78 is 22.7. The molecule has 142 valence electrons. The van der Waals surface area contributed by atoms with Crippen molar-refractivity contribution in [3.05, 3.63) is 29.8 Å². The zero-order valence-electron chi connectivity index (χ0n) is 15.1. The number of hydrogen-bond donors (Lipinski definition) is 0. The highest BCUT2D eigenvalue weighted by molar-refractivity contribution is 5.92. The summed E-state index contributed by atoms with van der Waals surface area (Å²) in [5, 5.41) is 0. The van der Waals surface area contributed by atoms with Crippen LogP contribution < -0.4 is 4.74 Å². The molecule has 0 unspecified atom stereocenters.